The SMILES string of the molecule is O=C1CCCC2=C1C(c1cccc3ccccc13)n1c(sc(=Cc3cccc(Cl)c3)c1=O)=N2. The highest BCUT2D eigenvalue weighted by molar-refractivity contribution is 7.07. The van der Waals surface area contributed by atoms with Gasteiger partial charge in [0.15, 0.2) is 10.6 Å². The standard InChI is InChI=1S/C27H19ClN2O2S/c28-18-9-3-6-16(14-18)15-23-26(32)30-25(20-11-4-8-17-7-1-2-10-19(17)20)24-21(29-27(30)33-23)12-5-13-22(24)31/h1-4,6-11,14-15,25H,5,12-13H2. The Bertz CT molecular complexity index is 1660. The molecule has 3 aromatic carbocycles. The van der Waals surface area contributed by atoms with Crippen LogP contribution < -0.4 is 14.9 Å². The normalized spacial score (nSPS) is 18.3. The number of Topliss-reactive ketones (excluding diaryl/α,β-unsaturated/α-hetero) is 1. The van der Waals surface area contributed by atoms with Gasteiger partial charge in [0.1, 0.15) is 0 Å². The minimum atomic E-state index is -0.475. The predicted octanol–water partition coefficient (Wildman–Crippen LogP) is 4.77. The van der Waals surface area contributed by atoms with E-state index in [1.54, 1.807) is 10.6 Å². The molecule has 4 aromatic rings. The third-order valence-electron chi connectivity index (χ3n) is 6.29. The molecule has 1 aliphatic heterocycles. The first-order valence-corrected chi connectivity index (χ1v) is 12.1. The first-order valence-electron chi connectivity index (χ1n) is 10.9. The van der Waals surface area contributed by atoms with Crippen molar-refractivity contribution in [2.75, 3.05) is 0 Å². The van der Waals surface area contributed by atoms with Crippen LogP contribution in [-0.4, -0.2) is 10.4 Å². The summed E-state index contributed by atoms with van der Waals surface area (Å²) >= 11 is 7.51. The van der Waals surface area contributed by atoms with Gasteiger partial charge in [-0.2, -0.15) is 0 Å². The first kappa shape index (κ1) is 20.3. The van der Waals surface area contributed by atoms with Crippen LogP contribution in [0.4, 0.5) is 0 Å². The van der Waals surface area contributed by atoms with E-state index in [4.69, 9.17) is 16.6 Å². The van der Waals surface area contributed by atoms with Crippen molar-refractivity contribution in [1.29, 1.82) is 0 Å². The average Bonchev–Trinajstić information content (AvgIpc) is 3.12. The molecule has 33 heavy (non-hydrogen) atoms. The smallest absolute Gasteiger partial charge is 0.271 e. The number of aromatic nitrogens is 1. The lowest BCUT2D eigenvalue weighted by Gasteiger charge is -2.29. The maximum absolute atomic E-state index is 13.7. The van der Waals surface area contributed by atoms with Crippen LogP contribution in [0.3, 0.4) is 0 Å². The van der Waals surface area contributed by atoms with E-state index in [-0.39, 0.29) is 11.3 Å². The summed E-state index contributed by atoms with van der Waals surface area (Å²) in [5.41, 5.74) is 3.16. The number of hydrogen-bond donors (Lipinski definition) is 0. The molecule has 1 aliphatic carbocycles. The molecule has 1 aromatic heterocycles. The molecule has 0 saturated carbocycles. The molecule has 2 heterocycles. The number of thiazole rings is 1. The van der Waals surface area contributed by atoms with Crippen LogP contribution in [0, 0.1) is 0 Å². The van der Waals surface area contributed by atoms with Gasteiger partial charge in [-0.25, -0.2) is 4.99 Å². The van der Waals surface area contributed by atoms with E-state index in [9.17, 15) is 9.59 Å². The van der Waals surface area contributed by atoms with E-state index in [0.29, 0.717) is 26.4 Å². The quantitative estimate of drug-likeness (QED) is 0.423. The summed E-state index contributed by atoms with van der Waals surface area (Å²) in [4.78, 5) is 32.3. The van der Waals surface area contributed by atoms with Crippen LogP contribution in [0.5, 0.6) is 0 Å². The number of rotatable bonds is 2. The molecule has 4 nitrogen and oxygen atoms in total. The van der Waals surface area contributed by atoms with Gasteiger partial charge in [0.25, 0.3) is 5.56 Å². The number of halogens is 1. The van der Waals surface area contributed by atoms with Crippen LogP contribution in [0.1, 0.15) is 36.4 Å². The number of benzene rings is 3. The summed E-state index contributed by atoms with van der Waals surface area (Å²) < 4.78 is 2.29. The second-order valence-electron chi connectivity index (χ2n) is 8.34. The maximum Gasteiger partial charge on any atom is 0.271 e. The van der Waals surface area contributed by atoms with Crippen molar-refractivity contribution in [2.45, 2.75) is 25.3 Å². The minimum Gasteiger partial charge on any atom is -0.294 e. The number of fused-ring (bicyclic) bond motifs is 2. The molecular weight excluding hydrogens is 452 g/mol. The largest absolute Gasteiger partial charge is 0.294 e. The lowest BCUT2D eigenvalue weighted by Crippen LogP contribution is -2.40. The van der Waals surface area contributed by atoms with Crippen molar-refractivity contribution in [2.24, 2.45) is 4.99 Å². The summed E-state index contributed by atoms with van der Waals surface area (Å²) in [5.74, 6) is 0.0852. The molecule has 0 bridgehead atoms. The third-order valence-corrected chi connectivity index (χ3v) is 7.51. The Morgan fingerprint density at radius 1 is 1.00 bits per heavy atom. The molecule has 162 valence electrons. The van der Waals surface area contributed by atoms with Crippen molar-refractivity contribution < 1.29 is 4.79 Å². The van der Waals surface area contributed by atoms with Gasteiger partial charge < -0.3 is 0 Å². The molecule has 0 radical (unpaired) electrons. The fraction of sp³-hybridized carbons (Fsp3) is 0.148. The number of allylic oxidation sites excluding steroid dienone is 2. The van der Waals surface area contributed by atoms with Crippen LogP contribution >= 0.6 is 22.9 Å². The Labute approximate surface area is 198 Å². The molecule has 2 aliphatic rings. The Morgan fingerprint density at radius 3 is 2.70 bits per heavy atom. The van der Waals surface area contributed by atoms with E-state index >= 15 is 0 Å². The number of nitrogens with zero attached hydrogens (tertiary/aromatic N) is 2. The number of hydrogen-bond acceptors (Lipinski definition) is 4. The zero-order valence-electron chi connectivity index (χ0n) is 17.6. The molecular formula is C27H19ClN2O2S. The highest BCUT2D eigenvalue weighted by atomic mass is 35.5. The van der Waals surface area contributed by atoms with Gasteiger partial charge in [-0.3, -0.25) is 14.2 Å². The van der Waals surface area contributed by atoms with Crippen LogP contribution in [0.2, 0.25) is 5.02 Å². The molecule has 0 amide bonds. The second-order valence-corrected chi connectivity index (χ2v) is 9.79. The van der Waals surface area contributed by atoms with Crippen LogP contribution in [0.25, 0.3) is 16.8 Å². The predicted molar refractivity (Wildman–Crippen MR) is 132 cm³/mol. The van der Waals surface area contributed by atoms with Gasteiger partial charge in [0, 0.05) is 17.0 Å². The van der Waals surface area contributed by atoms with Crippen LogP contribution in [0.15, 0.2) is 87.8 Å². The zero-order chi connectivity index (χ0) is 22.5. The van der Waals surface area contributed by atoms with Crippen molar-refractivity contribution in [3.8, 4) is 0 Å². The molecule has 0 fully saturated rings. The van der Waals surface area contributed by atoms with Gasteiger partial charge in [-0.05, 0) is 52.9 Å². The highest BCUT2D eigenvalue weighted by Crippen LogP contribution is 2.38. The number of carbonyl (C=O) groups excluding carboxylic acids is 1. The van der Waals surface area contributed by atoms with E-state index < -0.39 is 6.04 Å². The van der Waals surface area contributed by atoms with Crippen molar-refractivity contribution in [3.05, 3.63) is 114 Å². The molecule has 6 rings (SSSR count). The monoisotopic (exact) mass is 470 g/mol. The molecule has 0 N–H and O–H groups in total. The lowest BCUT2D eigenvalue weighted by molar-refractivity contribution is -0.116. The Morgan fingerprint density at radius 2 is 1.82 bits per heavy atom. The van der Waals surface area contributed by atoms with Gasteiger partial charge in [-0.1, -0.05) is 77.5 Å². The molecule has 1 atom stereocenters. The van der Waals surface area contributed by atoms with Crippen LogP contribution in [-0.2, 0) is 4.79 Å². The molecule has 0 spiro atoms. The minimum absolute atomic E-state index is 0.0852. The highest BCUT2D eigenvalue weighted by Gasteiger charge is 2.35. The summed E-state index contributed by atoms with van der Waals surface area (Å²) in [7, 11) is 0. The number of carbonyl (C=O) groups is 1. The summed E-state index contributed by atoms with van der Waals surface area (Å²) in [5, 5.41) is 2.74. The zero-order valence-corrected chi connectivity index (χ0v) is 19.2. The fourth-order valence-corrected chi connectivity index (χ4v) is 6.06. The lowest BCUT2D eigenvalue weighted by atomic mass is 9.84. The number of ketones is 1. The molecule has 6 heteroatoms. The average molecular weight is 471 g/mol. The Balaban J connectivity index is 1.66. The van der Waals surface area contributed by atoms with Gasteiger partial charge in [-0.15, -0.1) is 0 Å². The first-order chi connectivity index (χ1) is 16.1. The fourth-order valence-electron chi connectivity index (χ4n) is 4.84. The second kappa shape index (κ2) is 7.94. The maximum atomic E-state index is 13.7. The van der Waals surface area contributed by atoms with E-state index in [0.717, 1.165) is 40.4 Å². The van der Waals surface area contributed by atoms with Gasteiger partial charge >= 0.3 is 0 Å². The van der Waals surface area contributed by atoms with Gasteiger partial charge in [0.2, 0.25) is 0 Å². The van der Waals surface area contributed by atoms with E-state index in [1.807, 2.05) is 48.5 Å². The van der Waals surface area contributed by atoms with Crippen molar-refractivity contribution in [1.82, 2.24) is 4.57 Å². The summed E-state index contributed by atoms with van der Waals surface area (Å²) in [6, 6.07) is 21.1. The van der Waals surface area contributed by atoms with E-state index in [1.165, 1.54) is 11.3 Å². The summed E-state index contributed by atoms with van der Waals surface area (Å²) in [6.45, 7) is 0. The molecule has 1 unspecified atom stereocenters. The van der Waals surface area contributed by atoms with Gasteiger partial charge in [0.05, 0.1) is 16.3 Å². The van der Waals surface area contributed by atoms with Crippen molar-refractivity contribution in [3.63, 3.8) is 0 Å². The topological polar surface area (TPSA) is 51.4 Å². The Kier molecular flexibility index (Phi) is 4.89. The van der Waals surface area contributed by atoms with E-state index in [2.05, 4.69) is 18.2 Å². The third kappa shape index (κ3) is 3.39. The molecule has 0 saturated heterocycles. The summed E-state index contributed by atoms with van der Waals surface area (Å²) in [6.07, 6.45) is 3.88. The Hall–Kier alpha value is -3.28. The van der Waals surface area contributed by atoms with Crippen molar-refractivity contribution >= 4 is 45.6 Å².